The van der Waals surface area contributed by atoms with E-state index in [0.717, 1.165) is 0 Å². The maximum atomic E-state index is 2.41. The SMILES string of the molecule is C1=C(/c2ccccc2)SCCSCCC/1. The van der Waals surface area contributed by atoms with E-state index in [1.807, 2.05) is 11.8 Å². The number of allylic oxidation sites excluding steroid dienone is 1. The topological polar surface area (TPSA) is 0 Å². The van der Waals surface area contributed by atoms with E-state index in [1.165, 1.54) is 40.6 Å². The molecular formula is C13H16S2. The van der Waals surface area contributed by atoms with Gasteiger partial charge in [0.2, 0.25) is 0 Å². The molecule has 0 bridgehead atoms. The van der Waals surface area contributed by atoms with Crippen LogP contribution in [0.4, 0.5) is 0 Å². The van der Waals surface area contributed by atoms with Crippen molar-refractivity contribution in [3.63, 3.8) is 0 Å². The summed E-state index contributed by atoms with van der Waals surface area (Å²) in [6.07, 6.45) is 4.96. The van der Waals surface area contributed by atoms with Crippen LogP contribution in [0, 0.1) is 0 Å². The van der Waals surface area contributed by atoms with Crippen LogP contribution >= 0.6 is 23.5 Å². The zero-order valence-corrected chi connectivity index (χ0v) is 10.4. The second-order valence-electron chi connectivity index (χ2n) is 3.54. The zero-order valence-electron chi connectivity index (χ0n) is 8.82. The fraction of sp³-hybridized carbons (Fsp3) is 0.385. The molecular weight excluding hydrogens is 220 g/mol. The molecule has 1 aromatic carbocycles. The minimum atomic E-state index is 1.23. The molecule has 2 rings (SSSR count). The smallest absolute Gasteiger partial charge is 0.0105 e. The van der Waals surface area contributed by atoms with Crippen LogP contribution in [0.25, 0.3) is 4.91 Å². The van der Waals surface area contributed by atoms with Crippen molar-refractivity contribution in [3.8, 4) is 0 Å². The highest BCUT2D eigenvalue weighted by Gasteiger charge is 2.03. The van der Waals surface area contributed by atoms with Crippen molar-refractivity contribution in [2.24, 2.45) is 0 Å². The van der Waals surface area contributed by atoms with Gasteiger partial charge in [-0.15, -0.1) is 11.8 Å². The van der Waals surface area contributed by atoms with Gasteiger partial charge in [0.05, 0.1) is 0 Å². The standard InChI is InChI=1S/C13H16S2/c1-2-6-12(7-3-1)13-8-4-5-9-14-10-11-15-13/h1-3,6-8H,4-5,9-11H2/b13-8-. The predicted octanol–water partition coefficient (Wildman–Crippen LogP) is 4.29. The van der Waals surface area contributed by atoms with Gasteiger partial charge in [-0.05, 0) is 24.2 Å². The Bertz CT molecular complexity index is 317. The number of hydrogen-bond donors (Lipinski definition) is 0. The first kappa shape index (κ1) is 11.2. The van der Waals surface area contributed by atoms with Gasteiger partial charge in [0.15, 0.2) is 0 Å². The van der Waals surface area contributed by atoms with Crippen LogP contribution < -0.4 is 0 Å². The molecule has 1 aliphatic rings. The fourth-order valence-corrected chi connectivity index (χ4v) is 3.73. The molecule has 0 N–H and O–H groups in total. The Morgan fingerprint density at radius 3 is 2.67 bits per heavy atom. The molecule has 0 unspecified atom stereocenters. The zero-order chi connectivity index (χ0) is 10.3. The van der Waals surface area contributed by atoms with Gasteiger partial charge in [-0.1, -0.05) is 36.4 Å². The highest BCUT2D eigenvalue weighted by molar-refractivity contribution is 8.09. The molecule has 0 aliphatic carbocycles. The fourth-order valence-electron chi connectivity index (χ4n) is 1.59. The Morgan fingerprint density at radius 2 is 1.80 bits per heavy atom. The summed E-state index contributed by atoms with van der Waals surface area (Å²) in [4.78, 5) is 1.47. The van der Waals surface area contributed by atoms with Crippen molar-refractivity contribution in [2.75, 3.05) is 17.3 Å². The van der Waals surface area contributed by atoms with Gasteiger partial charge in [-0.3, -0.25) is 0 Å². The Morgan fingerprint density at radius 1 is 0.933 bits per heavy atom. The Balaban J connectivity index is 2.11. The lowest BCUT2D eigenvalue weighted by molar-refractivity contribution is 0.975. The Kier molecular flexibility index (Phi) is 4.68. The molecule has 15 heavy (non-hydrogen) atoms. The summed E-state index contributed by atoms with van der Waals surface area (Å²) in [6, 6.07) is 10.8. The molecule has 0 saturated carbocycles. The third-order valence-electron chi connectivity index (χ3n) is 2.37. The van der Waals surface area contributed by atoms with Crippen LogP contribution in [-0.4, -0.2) is 17.3 Å². The Hall–Kier alpha value is -0.340. The van der Waals surface area contributed by atoms with Crippen molar-refractivity contribution in [1.29, 1.82) is 0 Å². The van der Waals surface area contributed by atoms with Crippen LogP contribution in [0.2, 0.25) is 0 Å². The van der Waals surface area contributed by atoms with E-state index >= 15 is 0 Å². The first-order valence-corrected chi connectivity index (χ1v) is 7.57. The molecule has 80 valence electrons. The summed E-state index contributed by atoms with van der Waals surface area (Å²) in [5, 5.41) is 0. The first-order chi connectivity index (χ1) is 7.47. The van der Waals surface area contributed by atoms with Gasteiger partial charge in [0.25, 0.3) is 0 Å². The summed E-state index contributed by atoms with van der Waals surface area (Å²) in [5.74, 6) is 3.85. The normalized spacial score (nSPS) is 22.0. The van der Waals surface area contributed by atoms with E-state index in [4.69, 9.17) is 0 Å². The molecule has 0 radical (unpaired) electrons. The van der Waals surface area contributed by atoms with E-state index in [2.05, 4.69) is 48.2 Å². The van der Waals surface area contributed by atoms with E-state index in [-0.39, 0.29) is 0 Å². The third-order valence-corrected chi connectivity index (χ3v) is 4.82. The van der Waals surface area contributed by atoms with Crippen molar-refractivity contribution in [3.05, 3.63) is 42.0 Å². The summed E-state index contributed by atoms with van der Waals surface area (Å²) in [7, 11) is 0. The number of benzene rings is 1. The average Bonchev–Trinajstić information content (AvgIpc) is 2.43. The summed E-state index contributed by atoms with van der Waals surface area (Å²) >= 11 is 4.09. The molecule has 0 spiro atoms. The van der Waals surface area contributed by atoms with Crippen LogP contribution in [0.1, 0.15) is 18.4 Å². The van der Waals surface area contributed by atoms with Gasteiger partial charge in [0, 0.05) is 16.4 Å². The molecule has 0 fully saturated rings. The minimum absolute atomic E-state index is 1.23. The second kappa shape index (κ2) is 6.29. The van der Waals surface area contributed by atoms with E-state index in [0.29, 0.717) is 0 Å². The molecule has 1 aromatic rings. The first-order valence-electron chi connectivity index (χ1n) is 5.43. The van der Waals surface area contributed by atoms with Gasteiger partial charge in [-0.2, -0.15) is 11.8 Å². The van der Waals surface area contributed by atoms with Crippen molar-refractivity contribution >= 4 is 28.4 Å². The van der Waals surface area contributed by atoms with Crippen molar-refractivity contribution < 1.29 is 0 Å². The molecule has 1 heterocycles. The lowest BCUT2D eigenvalue weighted by Gasteiger charge is -2.05. The molecule has 1 aliphatic heterocycles. The lowest BCUT2D eigenvalue weighted by atomic mass is 10.2. The van der Waals surface area contributed by atoms with E-state index < -0.39 is 0 Å². The van der Waals surface area contributed by atoms with Crippen molar-refractivity contribution in [1.82, 2.24) is 0 Å². The van der Waals surface area contributed by atoms with Gasteiger partial charge in [-0.25, -0.2) is 0 Å². The molecule has 0 aromatic heterocycles. The van der Waals surface area contributed by atoms with Gasteiger partial charge < -0.3 is 0 Å². The molecule has 0 amide bonds. The monoisotopic (exact) mass is 236 g/mol. The van der Waals surface area contributed by atoms with Gasteiger partial charge in [0.1, 0.15) is 0 Å². The summed E-state index contributed by atoms with van der Waals surface area (Å²) in [6.45, 7) is 0. The molecule has 0 nitrogen and oxygen atoms in total. The minimum Gasteiger partial charge on any atom is -0.161 e. The predicted molar refractivity (Wildman–Crippen MR) is 73.4 cm³/mol. The molecule has 2 heteroatoms. The highest BCUT2D eigenvalue weighted by Crippen LogP contribution is 2.30. The molecule has 0 saturated heterocycles. The summed E-state index contributed by atoms with van der Waals surface area (Å²) in [5.41, 5.74) is 1.38. The van der Waals surface area contributed by atoms with Gasteiger partial charge >= 0.3 is 0 Å². The summed E-state index contributed by atoms with van der Waals surface area (Å²) < 4.78 is 0. The number of rotatable bonds is 1. The Labute approximate surface area is 101 Å². The van der Waals surface area contributed by atoms with Crippen molar-refractivity contribution in [2.45, 2.75) is 12.8 Å². The highest BCUT2D eigenvalue weighted by atomic mass is 32.2. The van der Waals surface area contributed by atoms with E-state index in [9.17, 15) is 0 Å². The lowest BCUT2D eigenvalue weighted by Crippen LogP contribution is -1.85. The van der Waals surface area contributed by atoms with Crippen LogP contribution in [0.15, 0.2) is 36.4 Å². The maximum Gasteiger partial charge on any atom is 0.0105 e. The second-order valence-corrected chi connectivity index (χ2v) is 5.90. The maximum absolute atomic E-state index is 2.41. The van der Waals surface area contributed by atoms with Crippen LogP contribution in [-0.2, 0) is 0 Å². The molecule has 0 atom stereocenters. The quantitative estimate of drug-likeness (QED) is 0.713. The van der Waals surface area contributed by atoms with Crippen LogP contribution in [0.3, 0.4) is 0 Å². The third kappa shape index (κ3) is 3.62. The largest absolute Gasteiger partial charge is 0.161 e. The number of thioether (sulfide) groups is 2. The average molecular weight is 236 g/mol. The number of hydrogen-bond acceptors (Lipinski definition) is 2. The van der Waals surface area contributed by atoms with Crippen LogP contribution in [0.5, 0.6) is 0 Å². The van der Waals surface area contributed by atoms with E-state index in [1.54, 1.807) is 0 Å².